The van der Waals surface area contributed by atoms with E-state index in [1.807, 2.05) is 12.1 Å². The van der Waals surface area contributed by atoms with E-state index in [4.69, 9.17) is 10.00 Å². The molecule has 1 heterocycles. The van der Waals surface area contributed by atoms with Crippen LogP contribution in [0.1, 0.15) is 38.2 Å². The van der Waals surface area contributed by atoms with E-state index in [1.165, 1.54) is 32.4 Å². The first-order chi connectivity index (χ1) is 9.81. The maximum Gasteiger partial charge on any atom is 0.119 e. The van der Waals surface area contributed by atoms with Gasteiger partial charge in [0.15, 0.2) is 0 Å². The van der Waals surface area contributed by atoms with Crippen molar-refractivity contribution in [3.05, 3.63) is 29.8 Å². The molecule has 20 heavy (non-hydrogen) atoms. The smallest absolute Gasteiger partial charge is 0.119 e. The van der Waals surface area contributed by atoms with Gasteiger partial charge in [-0.1, -0.05) is 13.3 Å². The molecule has 3 nitrogen and oxygen atoms in total. The van der Waals surface area contributed by atoms with Gasteiger partial charge < -0.3 is 9.64 Å². The number of piperidine rings is 1. The number of hydrogen-bond donors (Lipinski definition) is 0. The minimum Gasteiger partial charge on any atom is -0.494 e. The second-order valence-electron chi connectivity index (χ2n) is 5.56. The second kappa shape index (κ2) is 7.91. The average Bonchev–Trinajstić information content (AvgIpc) is 2.52. The Bertz CT molecular complexity index is 435. The van der Waals surface area contributed by atoms with Gasteiger partial charge in [0.2, 0.25) is 0 Å². The molecule has 0 radical (unpaired) electrons. The maximum atomic E-state index is 8.73. The zero-order valence-corrected chi connectivity index (χ0v) is 12.3. The molecule has 0 aromatic heterocycles. The van der Waals surface area contributed by atoms with Crippen LogP contribution in [0.2, 0.25) is 0 Å². The summed E-state index contributed by atoms with van der Waals surface area (Å²) in [5.74, 6) is 1.75. The minimum absolute atomic E-state index is 0.677. The standard InChI is InChI=1S/C17H24N2O/c1-2-15-5-3-10-19(14-15)11-4-12-20-17-8-6-16(13-18)7-9-17/h6-9,15H,2-5,10-12,14H2,1H3. The van der Waals surface area contributed by atoms with Gasteiger partial charge >= 0.3 is 0 Å². The third-order valence-electron chi connectivity index (χ3n) is 4.05. The molecule has 2 rings (SSSR count). The fraction of sp³-hybridized carbons (Fsp3) is 0.588. The molecule has 0 bridgehead atoms. The van der Waals surface area contributed by atoms with E-state index in [0.29, 0.717) is 5.56 Å². The van der Waals surface area contributed by atoms with Gasteiger partial charge in [-0.25, -0.2) is 0 Å². The van der Waals surface area contributed by atoms with Crippen LogP contribution in [-0.2, 0) is 0 Å². The van der Waals surface area contributed by atoms with Crippen molar-refractivity contribution in [3.63, 3.8) is 0 Å². The molecule has 1 atom stereocenters. The summed E-state index contributed by atoms with van der Waals surface area (Å²) in [5.41, 5.74) is 0.677. The lowest BCUT2D eigenvalue weighted by Crippen LogP contribution is -2.36. The topological polar surface area (TPSA) is 36.3 Å². The summed E-state index contributed by atoms with van der Waals surface area (Å²) in [4.78, 5) is 2.57. The highest BCUT2D eigenvalue weighted by atomic mass is 16.5. The summed E-state index contributed by atoms with van der Waals surface area (Å²) in [5, 5.41) is 8.73. The van der Waals surface area contributed by atoms with Gasteiger partial charge in [-0.05, 0) is 56.0 Å². The molecule has 1 unspecified atom stereocenters. The fourth-order valence-corrected chi connectivity index (χ4v) is 2.79. The minimum atomic E-state index is 0.677. The molecule has 0 amide bonds. The van der Waals surface area contributed by atoms with Gasteiger partial charge in [0.05, 0.1) is 18.2 Å². The van der Waals surface area contributed by atoms with E-state index < -0.39 is 0 Å². The van der Waals surface area contributed by atoms with Crippen molar-refractivity contribution in [2.24, 2.45) is 5.92 Å². The lowest BCUT2D eigenvalue weighted by Gasteiger charge is -2.32. The Kier molecular flexibility index (Phi) is 5.88. The number of ether oxygens (including phenoxy) is 1. The SMILES string of the molecule is CCC1CCCN(CCCOc2ccc(C#N)cc2)C1. The first-order valence-corrected chi connectivity index (χ1v) is 7.67. The molecule has 1 aliphatic rings. The van der Waals surface area contributed by atoms with E-state index in [0.717, 1.165) is 31.2 Å². The Hall–Kier alpha value is -1.53. The predicted molar refractivity (Wildman–Crippen MR) is 80.7 cm³/mol. The number of rotatable bonds is 6. The second-order valence-corrected chi connectivity index (χ2v) is 5.56. The van der Waals surface area contributed by atoms with E-state index in [2.05, 4.69) is 17.9 Å². The molecule has 0 aliphatic carbocycles. The molecule has 108 valence electrons. The lowest BCUT2D eigenvalue weighted by atomic mass is 9.96. The molecule has 0 saturated carbocycles. The van der Waals surface area contributed by atoms with Crippen molar-refractivity contribution in [2.75, 3.05) is 26.2 Å². The number of benzene rings is 1. The molecular weight excluding hydrogens is 248 g/mol. The van der Waals surface area contributed by atoms with Crippen molar-refractivity contribution in [2.45, 2.75) is 32.6 Å². The van der Waals surface area contributed by atoms with Crippen molar-refractivity contribution >= 4 is 0 Å². The number of nitrogens with zero attached hydrogens (tertiary/aromatic N) is 2. The summed E-state index contributed by atoms with van der Waals surface area (Å²) < 4.78 is 5.71. The predicted octanol–water partition coefficient (Wildman–Crippen LogP) is 3.45. The Morgan fingerprint density at radius 3 is 2.85 bits per heavy atom. The summed E-state index contributed by atoms with van der Waals surface area (Å²) in [7, 11) is 0. The quantitative estimate of drug-likeness (QED) is 0.744. The fourth-order valence-electron chi connectivity index (χ4n) is 2.79. The highest BCUT2D eigenvalue weighted by molar-refractivity contribution is 5.34. The molecule has 3 heteroatoms. The van der Waals surface area contributed by atoms with Crippen molar-refractivity contribution < 1.29 is 4.74 Å². The highest BCUT2D eigenvalue weighted by Crippen LogP contribution is 2.19. The van der Waals surface area contributed by atoms with Gasteiger partial charge in [0, 0.05) is 13.1 Å². The van der Waals surface area contributed by atoms with E-state index >= 15 is 0 Å². The summed E-state index contributed by atoms with van der Waals surface area (Å²) >= 11 is 0. The lowest BCUT2D eigenvalue weighted by molar-refractivity contribution is 0.160. The highest BCUT2D eigenvalue weighted by Gasteiger charge is 2.17. The van der Waals surface area contributed by atoms with Crippen molar-refractivity contribution in [1.29, 1.82) is 5.26 Å². The van der Waals surface area contributed by atoms with Crippen molar-refractivity contribution in [3.8, 4) is 11.8 Å². The van der Waals surface area contributed by atoms with Gasteiger partial charge in [-0.2, -0.15) is 5.26 Å². The van der Waals surface area contributed by atoms with Crippen LogP contribution < -0.4 is 4.74 Å². The summed E-state index contributed by atoms with van der Waals surface area (Å²) in [6.45, 7) is 6.68. The zero-order valence-electron chi connectivity index (χ0n) is 12.3. The van der Waals surface area contributed by atoms with Crippen LogP contribution in [0.15, 0.2) is 24.3 Å². The molecule has 1 saturated heterocycles. The van der Waals surface area contributed by atoms with Crippen LogP contribution in [0, 0.1) is 17.2 Å². The Morgan fingerprint density at radius 2 is 2.15 bits per heavy atom. The molecule has 0 N–H and O–H groups in total. The van der Waals surface area contributed by atoms with Crippen LogP contribution in [0.3, 0.4) is 0 Å². The largest absolute Gasteiger partial charge is 0.494 e. The van der Waals surface area contributed by atoms with Crippen LogP contribution in [-0.4, -0.2) is 31.1 Å². The van der Waals surface area contributed by atoms with Gasteiger partial charge in [0.25, 0.3) is 0 Å². The Balaban J connectivity index is 1.64. The summed E-state index contributed by atoms with van der Waals surface area (Å²) in [6.07, 6.45) is 5.11. The normalized spacial score (nSPS) is 19.5. The Morgan fingerprint density at radius 1 is 1.35 bits per heavy atom. The molecule has 1 aliphatic heterocycles. The van der Waals surface area contributed by atoms with Crippen LogP contribution in [0.4, 0.5) is 0 Å². The van der Waals surface area contributed by atoms with Crippen molar-refractivity contribution in [1.82, 2.24) is 4.90 Å². The maximum absolute atomic E-state index is 8.73. The molecule has 1 aromatic rings. The summed E-state index contributed by atoms with van der Waals surface area (Å²) in [6, 6.07) is 9.44. The van der Waals surface area contributed by atoms with Crippen LogP contribution in [0.5, 0.6) is 5.75 Å². The van der Waals surface area contributed by atoms with Crippen LogP contribution in [0.25, 0.3) is 0 Å². The third-order valence-corrected chi connectivity index (χ3v) is 4.05. The third kappa shape index (κ3) is 4.54. The molecule has 0 spiro atoms. The average molecular weight is 272 g/mol. The van der Waals surface area contributed by atoms with E-state index in [1.54, 1.807) is 12.1 Å². The molecule has 1 fully saturated rings. The van der Waals surface area contributed by atoms with Gasteiger partial charge in [-0.3, -0.25) is 0 Å². The Labute approximate surface area is 122 Å². The number of nitriles is 1. The number of hydrogen-bond acceptors (Lipinski definition) is 3. The first-order valence-electron chi connectivity index (χ1n) is 7.67. The van der Waals surface area contributed by atoms with Crippen LogP contribution >= 0.6 is 0 Å². The van der Waals surface area contributed by atoms with E-state index in [9.17, 15) is 0 Å². The number of likely N-dealkylation sites (tertiary alicyclic amines) is 1. The first kappa shape index (κ1) is 14.9. The van der Waals surface area contributed by atoms with Gasteiger partial charge in [-0.15, -0.1) is 0 Å². The van der Waals surface area contributed by atoms with Gasteiger partial charge in [0.1, 0.15) is 5.75 Å². The monoisotopic (exact) mass is 272 g/mol. The van der Waals surface area contributed by atoms with E-state index in [-0.39, 0.29) is 0 Å². The zero-order chi connectivity index (χ0) is 14.2. The molecule has 1 aromatic carbocycles. The molecular formula is C17H24N2O.